The fraction of sp³-hybridized carbons (Fsp3) is 0.314. The second-order valence-electron chi connectivity index (χ2n) is 12.7. The Balaban J connectivity index is 1.20. The first-order valence-corrected chi connectivity index (χ1v) is 15.7. The number of imidazole rings is 1. The highest BCUT2D eigenvalue weighted by atomic mass is 35.5. The molecule has 0 unspecified atom stereocenters. The van der Waals surface area contributed by atoms with Crippen molar-refractivity contribution >= 4 is 28.5 Å². The van der Waals surface area contributed by atoms with Gasteiger partial charge in [0.15, 0.2) is 6.29 Å². The summed E-state index contributed by atoms with van der Waals surface area (Å²) in [7, 11) is 0. The fourth-order valence-corrected chi connectivity index (χ4v) is 5.51. The third-order valence-electron chi connectivity index (χ3n) is 7.84. The lowest BCUT2D eigenvalue weighted by molar-refractivity contribution is -0.0590. The van der Waals surface area contributed by atoms with Crippen LogP contribution in [0, 0.1) is 11.6 Å². The Morgan fingerprint density at radius 3 is 2.58 bits per heavy atom. The maximum atomic E-state index is 15.6. The minimum atomic E-state index is -1.66. The molecule has 10 nitrogen and oxygen atoms in total. The van der Waals surface area contributed by atoms with Gasteiger partial charge in [0, 0.05) is 47.5 Å². The molecule has 13 heteroatoms. The van der Waals surface area contributed by atoms with Gasteiger partial charge in [-0.1, -0.05) is 23.7 Å². The minimum absolute atomic E-state index is 0.0104. The Morgan fingerprint density at radius 1 is 1.10 bits per heavy atom. The average molecular weight is 678 g/mol. The van der Waals surface area contributed by atoms with Crippen molar-refractivity contribution in [3.8, 4) is 17.1 Å². The standard InChI is InChI=1S/C35H34ClF2N5O5/c1-35(2,3)42-33(44)29-15-24(36)21(16-39-29)18-48-32-6-4-5-27(41-32)23-14-25(37)20(11-26(23)38)13-31-40-28-8-7-19(34(45)46)12-30(28)43(31)17-22-9-10-47-22/h4-8,11-12,14-16,22,34,45-46H,9-10,13,17-18H2,1-3H3,(H,42,44)/t22-/m0/s1. The number of ether oxygens (including phenoxy) is 2. The van der Waals surface area contributed by atoms with Gasteiger partial charge in [-0.25, -0.2) is 18.7 Å². The number of amides is 1. The van der Waals surface area contributed by atoms with E-state index >= 15 is 8.78 Å². The van der Waals surface area contributed by atoms with E-state index in [9.17, 15) is 15.0 Å². The zero-order chi connectivity index (χ0) is 34.2. The van der Waals surface area contributed by atoms with Gasteiger partial charge in [0.1, 0.15) is 29.8 Å². The second-order valence-corrected chi connectivity index (χ2v) is 13.1. The van der Waals surface area contributed by atoms with Crippen LogP contribution in [-0.2, 0) is 24.3 Å². The summed E-state index contributed by atoms with van der Waals surface area (Å²) in [6.45, 7) is 6.64. The van der Waals surface area contributed by atoms with Gasteiger partial charge in [0.05, 0.1) is 34.4 Å². The van der Waals surface area contributed by atoms with Crippen LogP contribution in [0.3, 0.4) is 0 Å². The summed E-state index contributed by atoms with van der Waals surface area (Å²) in [5.41, 5.74) is 1.98. The molecule has 3 N–H and O–H groups in total. The number of fused-ring (bicyclic) bond motifs is 1. The van der Waals surface area contributed by atoms with Crippen molar-refractivity contribution in [1.29, 1.82) is 0 Å². The molecule has 3 aromatic heterocycles. The number of carbonyl (C=O) groups is 1. The minimum Gasteiger partial charge on any atom is -0.473 e. The summed E-state index contributed by atoms with van der Waals surface area (Å²) in [6.07, 6.45) is 0.567. The molecule has 1 aliphatic heterocycles. The van der Waals surface area contributed by atoms with E-state index in [1.165, 1.54) is 12.3 Å². The van der Waals surface area contributed by atoms with E-state index in [1.54, 1.807) is 36.4 Å². The van der Waals surface area contributed by atoms with Crippen molar-refractivity contribution in [2.24, 2.45) is 0 Å². The number of aliphatic hydroxyl groups is 2. The monoisotopic (exact) mass is 677 g/mol. The molecule has 6 rings (SSSR count). The first-order chi connectivity index (χ1) is 22.8. The quantitative estimate of drug-likeness (QED) is 0.156. The SMILES string of the molecule is CC(C)(C)NC(=O)c1cc(Cl)c(COc2cccc(-c3cc(F)c(Cc4nc5ccc(C(O)O)cc5n4C[C@@H]4CCO4)cc3F)n2)cn1. The van der Waals surface area contributed by atoms with Crippen molar-refractivity contribution in [3.05, 3.63) is 106 Å². The molecule has 2 aromatic carbocycles. The molecule has 1 amide bonds. The highest BCUT2D eigenvalue weighted by molar-refractivity contribution is 6.31. The van der Waals surface area contributed by atoms with E-state index in [0.717, 1.165) is 18.6 Å². The van der Waals surface area contributed by atoms with E-state index < -0.39 is 23.5 Å². The molecule has 0 spiro atoms. The van der Waals surface area contributed by atoms with Gasteiger partial charge in [-0.2, -0.15) is 0 Å². The molecular weight excluding hydrogens is 644 g/mol. The van der Waals surface area contributed by atoms with Gasteiger partial charge < -0.3 is 29.6 Å². The number of halogens is 3. The number of aromatic nitrogens is 4. The van der Waals surface area contributed by atoms with Crippen LogP contribution in [0.1, 0.15) is 66.5 Å². The second kappa shape index (κ2) is 13.6. The molecule has 1 fully saturated rings. The van der Waals surface area contributed by atoms with E-state index in [1.807, 2.05) is 25.3 Å². The van der Waals surface area contributed by atoms with Crippen LogP contribution in [0.4, 0.5) is 8.78 Å². The summed E-state index contributed by atoms with van der Waals surface area (Å²) in [5.74, 6) is -1.03. The number of rotatable bonds is 10. The molecule has 1 aliphatic rings. The molecule has 250 valence electrons. The molecule has 1 saturated heterocycles. The van der Waals surface area contributed by atoms with E-state index in [-0.39, 0.29) is 58.5 Å². The van der Waals surface area contributed by atoms with Gasteiger partial charge in [-0.05, 0) is 69.2 Å². The van der Waals surface area contributed by atoms with Crippen LogP contribution < -0.4 is 10.1 Å². The largest absolute Gasteiger partial charge is 0.473 e. The number of aliphatic hydroxyl groups excluding tert-OH is 1. The number of benzene rings is 2. The lowest BCUT2D eigenvalue weighted by Crippen LogP contribution is -2.40. The normalized spacial score (nSPS) is 14.7. The van der Waals surface area contributed by atoms with Gasteiger partial charge in [-0.15, -0.1) is 0 Å². The number of hydrogen-bond donors (Lipinski definition) is 3. The van der Waals surface area contributed by atoms with Gasteiger partial charge >= 0.3 is 0 Å². The molecular formula is C35H34ClF2N5O5. The number of nitrogens with one attached hydrogen (secondary N) is 1. The zero-order valence-electron chi connectivity index (χ0n) is 26.5. The van der Waals surface area contributed by atoms with Gasteiger partial charge in [-0.3, -0.25) is 9.78 Å². The van der Waals surface area contributed by atoms with Crippen molar-refractivity contribution in [3.63, 3.8) is 0 Å². The Kier molecular flexibility index (Phi) is 9.44. The van der Waals surface area contributed by atoms with Crippen molar-refractivity contribution in [2.75, 3.05) is 6.61 Å². The summed E-state index contributed by atoms with van der Waals surface area (Å²) >= 11 is 6.39. The smallest absolute Gasteiger partial charge is 0.270 e. The number of hydrogen-bond acceptors (Lipinski definition) is 8. The highest BCUT2D eigenvalue weighted by Crippen LogP contribution is 2.30. The zero-order valence-corrected chi connectivity index (χ0v) is 27.3. The summed E-state index contributed by atoms with van der Waals surface area (Å²) in [5, 5.41) is 22.5. The maximum Gasteiger partial charge on any atom is 0.270 e. The number of pyridine rings is 2. The van der Waals surface area contributed by atoms with Crippen LogP contribution in [0.2, 0.25) is 5.02 Å². The van der Waals surface area contributed by atoms with E-state index in [0.29, 0.717) is 41.1 Å². The van der Waals surface area contributed by atoms with Gasteiger partial charge in [0.2, 0.25) is 5.88 Å². The third kappa shape index (κ3) is 7.47. The van der Waals surface area contributed by atoms with Crippen molar-refractivity contribution in [2.45, 2.75) is 64.7 Å². The van der Waals surface area contributed by atoms with Gasteiger partial charge in [0.25, 0.3) is 5.91 Å². The molecule has 1 atom stereocenters. The van der Waals surface area contributed by atoms with Crippen LogP contribution in [0.15, 0.2) is 60.8 Å². The Bertz CT molecular complexity index is 1990. The Hall–Kier alpha value is -4.49. The van der Waals surface area contributed by atoms with E-state index in [4.69, 9.17) is 21.1 Å². The number of nitrogens with zero attached hydrogens (tertiary/aromatic N) is 4. The molecule has 48 heavy (non-hydrogen) atoms. The summed E-state index contributed by atoms with van der Waals surface area (Å²) < 4.78 is 44.4. The molecule has 4 heterocycles. The summed E-state index contributed by atoms with van der Waals surface area (Å²) in [6, 6.07) is 13.3. The predicted molar refractivity (Wildman–Crippen MR) is 174 cm³/mol. The van der Waals surface area contributed by atoms with Crippen molar-refractivity contribution in [1.82, 2.24) is 24.8 Å². The predicted octanol–water partition coefficient (Wildman–Crippen LogP) is 5.90. The Morgan fingerprint density at radius 2 is 1.90 bits per heavy atom. The van der Waals surface area contributed by atoms with E-state index in [2.05, 4.69) is 20.3 Å². The molecule has 0 saturated carbocycles. The topological polar surface area (TPSA) is 132 Å². The van der Waals surface area contributed by atoms with Crippen LogP contribution in [-0.4, -0.2) is 53.9 Å². The van der Waals surface area contributed by atoms with Crippen LogP contribution in [0.5, 0.6) is 5.88 Å². The maximum absolute atomic E-state index is 15.6. The van der Waals surface area contributed by atoms with Crippen molar-refractivity contribution < 1.29 is 33.3 Å². The summed E-state index contributed by atoms with van der Waals surface area (Å²) in [4.78, 5) is 25.6. The molecule has 5 aromatic rings. The molecule has 0 bridgehead atoms. The first kappa shape index (κ1) is 33.4. The Labute approximate surface area is 280 Å². The fourth-order valence-electron chi connectivity index (χ4n) is 5.30. The van der Waals surface area contributed by atoms with Crippen LogP contribution >= 0.6 is 11.6 Å². The average Bonchev–Trinajstić information content (AvgIpc) is 3.35. The highest BCUT2D eigenvalue weighted by Gasteiger charge is 2.24. The third-order valence-corrected chi connectivity index (χ3v) is 8.19. The van der Waals surface area contributed by atoms with Crippen LogP contribution in [0.25, 0.3) is 22.3 Å². The number of carbonyl (C=O) groups excluding carboxylic acids is 1. The lowest BCUT2D eigenvalue weighted by Gasteiger charge is -2.27. The lowest BCUT2D eigenvalue weighted by atomic mass is 10.0. The molecule has 0 radical (unpaired) electrons. The molecule has 0 aliphatic carbocycles. The first-order valence-electron chi connectivity index (χ1n) is 15.4.